The maximum absolute atomic E-state index is 11.7. The Morgan fingerprint density at radius 1 is 1.16 bits per heavy atom. The van der Waals surface area contributed by atoms with Gasteiger partial charge in [0.1, 0.15) is 5.75 Å². The van der Waals surface area contributed by atoms with Crippen LogP contribution in [0.4, 0.5) is 4.79 Å². The molecule has 25 heavy (non-hydrogen) atoms. The summed E-state index contributed by atoms with van der Waals surface area (Å²) >= 11 is 0.875. The molecule has 2 N–H and O–H groups in total. The van der Waals surface area contributed by atoms with Crippen molar-refractivity contribution >= 4 is 45.7 Å². The highest BCUT2D eigenvalue weighted by molar-refractivity contribution is 8.18. The van der Waals surface area contributed by atoms with Gasteiger partial charge in [-0.05, 0) is 41.3 Å². The Hall–Kier alpha value is -2.80. The van der Waals surface area contributed by atoms with Crippen molar-refractivity contribution in [1.82, 2.24) is 5.32 Å². The lowest BCUT2D eigenvalue weighted by molar-refractivity contribution is -0.137. The molecular weight excluding hydrogens is 342 g/mol. The number of benzene rings is 2. The van der Waals surface area contributed by atoms with Crippen LogP contribution in [0.2, 0.25) is 0 Å². The Balaban J connectivity index is 1.88. The first kappa shape index (κ1) is 17.0. The van der Waals surface area contributed by atoms with Crippen molar-refractivity contribution in [3.63, 3.8) is 0 Å². The third-order valence-corrected chi connectivity index (χ3v) is 4.45. The summed E-state index contributed by atoms with van der Waals surface area (Å²) in [7, 11) is 0. The standard InChI is InChI=1S/C18H15NO5S/c20-16(21)6-3-9-24-14-8-7-11(12-4-1-2-5-13(12)14)10-15-17(22)19-18(23)25-15/h1-2,4-5,7-8,10H,3,6,9H2,(H,20,21)(H,19,22,23)/b15-10-. The van der Waals surface area contributed by atoms with Gasteiger partial charge < -0.3 is 9.84 Å². The zero-order valence-corrected chi connectivity index (χ0v) is 14.0. The first-order valence-corrected chi connectivity index (χ1v) is 8.47. The van der Waals surface area contributed by atoms with Crippen LogP contribution in [-0.2, 0) is 9.59 Å². The average molecular weight is 357 g/mol. The molecule has 0 aliphatic carbocycles. The Bertz CT molecular complexity index is 890. The molecule has 1 heterocycles. The largest absolute Gasteiger partial charge is 0.493 e. The Kier molecular flexibility index (Phi) is 5.04. The molecule has 0 bridgehead atoms. The van der Waals surface area contributed by atoms with E-state index in [2.05, 4.69) is 5.32 Å². The van der Waals surface area contributed by atoms with E-state index < -0.39 is 11.9 Å². The second-order valence-corrected chi connectivity index (χ2v) is 6.41. The fourth-order valence-electron chi connectivity index (χ4n) is 2.51. The summed E-state index contributed by atoms with van der Waals surface area (Å²) in [4.78, 5) is 33.9. The van der Waals surface area contributed by atoms with Gasteiger partial charge in [-0.25, -0.2) is 0 Å². The van der Waals surface area contributed by atoms with Crippen molar-refractivity contribution in [1.29, 1.82) is 0 Å². The lowest BCUT2D eigenvalue weighted by Crippen LogP contribution is -2.17. The van der Waals surface area contributed by atoms with Gasteiger partial charge in [0.2, 0.25) is 0 Å². The molecule has 0 atom stereocenters. The van der Waals surface area contributed by atoms with Gasteiger partial charge >= 0.3 is 5.97 Å². The molecule has 0 unspecified atom stereocenters. The number of rotatable bonds is 6. The molecule has 2 aromatic carbocycles. The number of imide groups is 1. The van der Waals surface area contributed by atoms with Crippen LogP contribution in [-0.4, -0.2) is 28.8 Å². The van der Waals surface area contributed by atoms with Gasteiger partial charge in [0.25, 0.3) is 11.1 Å². The lowest BCUT2D eigenvalue weighted by Gasteiger charge is -2.11. The highest BCUT2D eigenvalue weighted by Crippen LogP contribution is 2.32. The van der Waals surface area contributed by atoms with Crippen molar-refractivity contribution < 1.29 is 24.2 Å². The third kappa shape index (κ3) is 4.00. The van der Waals surface area contributed by atoms with E-state index in [9.17, 15) is 14.4 Å². The summed E-state index contributed by atoms with van der Waals surface area (Å²) in [6.07, 6.45) is 2.16. The van der Waals surface area contributed by atoms with E-state index in [0.717, 1.165) is 28.1 Å². The summed E-state index contributed by atoms with van der Waals surface area (Å²) in [6, 6.07) is 11.2. The topological polar surface area (TPSA) is 92.7 Å². The molecule has 1 saturated heterocycles. The molecule has 0 saturated carbocycles. The minimum absolute atomic E-state index is 0.0580. The fourth-order valence-corrected chi connectivity index (χ4v) is 3.19. The summed E-state index contributed by atoms with van der Waals surface area (Å²) in [5.74, 6) is -0.590. The van der Waals surface area contributed by atoms with E-state index in [1.54, 1.807) is 12.1 Å². The van der Waals surface area contributed by atoms with E-state index in [1.165, 1.54) is 0 Å². The molecular formula is C18H15NO5S. The first-order chi connectivity index (χ1) is 12.0. The highest BCUT2D eigenvalue weighted by Gasteiger charge is 2.25. The number of amides is 2. The number of hydrogen-bond acceptors (Lipinski definition) is 5. The number of carboxylic acid groups (broad SMARTS) is 1. The first-order valence-electron chi connectivity index (χ1n) is 7.66. The van der Waals surface area contributed by atoms with E-state index in [0.29, 0.717) is 23.7 Å². The van der Waals surface area contributed by atoms with Crippen LogP contribution in [0.3, 0.4) is 0 Å². The average Bonchev–Trinajstić information content (AvgIpc) is 2.90. The van der Waals surface area contributed by atoms with Gasteiger partial charge in [-0.3, -0.25) is 19.7 Å². The molecule has 1 aliphatic rings. The number of aliphatic carboxylic acids is 1. The van der Waals surface area contributed by atoms with Crippen molar-refractivity contribution in [2.75, 3.05) is 6.61 Å². The van der Waals surface area contributed by atoms with Gasteiger partial charge in [-0.2, -0.15) is 0 Å². The number of nitrogens with one attached hydrogen (secondary N) is 1. The maximum atomic E-state index is 11.7. The lowest BCUT2D eigenvalue weighted by atomic mass is 10.0. The number of fused-ring (bicyclic) bond motifs is 1. The number of carbonyl (C=O) groups is 3. The molecule has 2 amide bonds. The zero-order chi connectivity index (χ0) is 17.8. The predicted octanol–water partition coefficient (Wildman–Crippen LogP) is 3.41. The van der Waals surface area contributed by atoms with Crippen LogP contribution in [0.15, 0.2) is 41.3 Å². The van der Waals surface area contributed by atoms with Crippen LogP contribution in [0, 0.1) is 0 Å². The van der Waals surface area contributed by atoms with Crippen molar-refractivity contribution in [3.8, 4) is 5.75 Å². The van der Waals surface area contributed by atoms with Crippen LogP contribution >= 0.6 is 11.8 Å². The molecule has 0 aromatic heterocycles. The molecule has 7 heteroatoms. The van der Waals surface area contributed by atoms with Crippen LogP contribution in [0.25, 0.3) is 16.8 Å². The molecule has 1 aliphatic heterocycles. The molecule has 128 valence electrons. The Labute approximate surface area is 147 Å². The molecule has 6 nitrogen and oxygen atoms in total. The minimum atomic E-state index is -0.850. The van der Waals surface area contributed by atoms with E-state index in [1.807, 2.05) is 30.3 Å². The monoisotopic (exact) mass is 357 g/mol. The third-order valence-electron chi connectivity index (χ3n) is 3.64. The molecule has 2 aromatic rings. The Morgan fingerprint density at radius 3 is 2.60 bits per heavy atom. The molecule has 3 rings (SSSR count). The summed E-state index contributed by atoms with van der Waals surface area (Å²) < 4.78 is 5.71. The molecule has 0 spiro atoms. The van der Waals surface area contributed by atoms with E-state index in [-0.39, 0.29) is 11.7 Å². The number of thioether (sulfide) groups is 1. The smallest absolute Gasteiger partial charge is 0.303 e. The fraction of sp³-hybridized carbons (Fsp3) is 0.167. The van der Waals surface area contributed by atoms with Crippen molar-refractivity contribution in [3.05, 3.63) is 46.9 Å². The number of carboxylic acids is 1. The van der Waals surface area contributed by atoms with E-state index >= 15 is 0 Å². The second-order valence-electron chi connectivity index (χ2n) is 5.40. The quantitative estimate of drug-likeness (QED) is 0.608. The number of ether oxygens (including phenoxy) is 1. The van der Waals surface area contributed by atoms with Crippen LogP contribution in [0.1, 0.15) is 18.4 Å². The number of hydrogen-bond donors (Lipinski definition) is 2. The van der Waals surface area contributed by atoms with Crippen molar-refractivity contribution in [2.24, 2.45) is 0 Å². The van der Waals surface area contributed by atoms with Crippen LogP contribution in [0.5, 0.6) is 5.75 Å². The number of carbonyl (C=O) groups excluding carboxylic acids is 2. The predicted molar refractivity (Wildman–Crippen MR) is 95.4 cm³/mol. The summed E-state index contributed by atoms with van der Waals surface area (Å²) in [6.45, 7) is 0.309. The van der Waals surface area contributed by atoms with Gasteiger partial charge in [-0.1, -0.05) is 30.3 Å². The Morgan fingerprint density at radius 2 is 1.92 bits per heavy atom. The van der Waals surface area contributed by atoms with Crippen molar-refractivity contribution in [2.45, 2.75) is 12.8 Å². The zero-order valence-electron chi connectivity index (χ0n) is 13.2. The van der Waals surface area contributed by atoms with Gasteiger partial charge in [0.15, 0.2) is 0 Å². The maximum Gasteiger partial charge on any atom is 0.303 e. The molecule has 1 fully saturated rings. The van der Waals surface area contributed by atoms with E-state index in [4.69, 9.17) is 9.84 Å². The second kappa shape index (κ2) is 7.40. The van der Waals surface area contributed by atoms with Crippen LogP contribution < -0.4 is 10.1 Å². The minimum Gasteiger partial charge on any atom is -0.493 e. The van der Waals surface area contributed by atoms with Gasteiger partial charge in [-0.15, -0.1) is 0 Å². The van der Waals surface area contributed by atoms with Gasteiger partial charge in [0.05, 0.1) is 11.5 Å². The highest BCUT2D eigenvalue weighted by atomic mass is 32.2. The SMILES string of the molecule is O=C(O)CCCOc1ccc(/C=C2\SC(=O)NC2=O)c2ccccc12. The molecule has 0 radical (unpaired) electrons. The summed E-state index contributed by atoms with van der Waals surface area (Å²) in [5, 5.41) is 12.3. The summed E-state index contributed by atoms with van der Waals surface area (Å²) in [5.41, 5.74) is 0.806. The van der Waals surface area contributed by atoms with Gasteiger partial charge in [0, 0.05) is 11.8 Å². The normalized spacial score (nSPS) is 15.6.